The summed E-state index contributed by atoms with van der Waals surface area (Å²) in [7, 11) is 0. The van der Waals surface area contributed by atoms with Crippen LogP contribution in [0.1, 0.15) is 37.4 Å². The predicted octanol–water partition coefficient (Wildman–Crippen LogP) is 2.04. The van der Waals surface area contributed by atoms with Crippen molar-refractivity contribution in [2.45, 2.75) is 39.7 Å². The molecule has 1 aliphatic heterocycles. The van der Waals surface area contributed by atoms with Gasteiger partial charge in [-0.05, 0) is 32.3 Å². The minimum Gasteiger partial charge on any atom is -0.370 e. The summed E-state index contributed by atoms with van der Waals surface area (Å²) in [5.74, 6) is 0. The summed E-state index contributed by atoms with van der Waals surface area (Å²) in [6, 6.07) is 4.08. The predicted molar refractivity (Wildman–Crippen MR) is 71.9 cm³/mol. The van der Waals surface area contributed by atoms with Crippen LogP contribution in [0.5, 0.6) is 0 Å². The van der Waals surface area contributed by atoms with Crippen molar-refractivity contribution in [2.24, 2.45) is 0 Å². The minimum atomic E-state index is -0.138. The Morgan fingerprint density at radius 1 is 1.39 bits per heavy atom. The van der Waals surface area contributed by atoms with Crippen molar-refractivity contribution in [3.8, 4) is 6.07 Å². The van der Waals surface area contributed by atoms with Gasteiger partial charge >= 0.3 is 0 Å². The van der Waals surface area contributed by atoms with Crippen LogP contribution in [0.2, 0.25) is 0 Å². The van der Waals surface area contributed by atoms with Gasteiger partial charge in [-0.25, -0.2) is 0 Å². The van der Waals surface area contributed by atoms with Crippen molar-refractivity contribution in [3.05, 3.63) is 27.7 Å². The summed E-state index contributed by atoms with van der Waals surface area (Å²) in [5, 5.41) is 9.25. The van der Waals surface area contributed by atoms with Crippen molar-refractivity contribution in [1.29, 1.82) is 5.26 Å². The smallest absolute Gasteiger partial charge is 0.270 e. The van der Waals surface area contributed by atoms with E-state index in [1.54, 1.807) is 4.57 Å². The molecule has 1 aromatic rings. The fourth-order valence-electron chi connectivity index (χ4n) is 2.57. The van der Waals surface area contributed by atoms with Gasteiger partial charge in [0, 0.05) is 25.3 Å². The number of aryl methyl sites for hydroxylation is 1. The molecule has 0 aromatic carbocycles. The second-order valence-corrected chi connectivity index (χ2v) is 4.81. The molecule has 0 unspecified atom stereocenters. The first kappa shape index (κ1) is 12.7. The van der Waals surface area contributed by atoms with E-state index in [0.717, 1.165) is 43.7 Å². The van der Waals surface area contributed by atoms with Gasteiger partial charge in [0.25, 0.3) is 5.56 Å². The van der Waals surface area contributed by atoms with Crippen LogP contribution in [-0.4, -0.2) is 17.7 Å². The molecule has 0 aliphatic carbocycles. The van der Waals surface area contributed by atoms with E-state index < -0.39 is 0 Å². The molecule has 0 amide bonds. The van der Waals surface area contributed by atoms with E-state index in [2.05, 4.69) is 11.0 Å². The average molecular weight is 245 g/mol. The number of rotatable bonds is 3. The van der Waals surface area contributed by atoms with Crippen LogP contribution in [0.15, 0.2) is 10.9 Å². The first-order valence-electron chi connectivity index (χ1n) is 6.58. The SMILES string of the molecule is CCCn1c(C)cc(N2CCCC2)c(C#N)c1=O. The first-order valence-corrected chi connectivity index (χ1v) is 6.58. The standard InChI is InChI=1S/C14H19N3O/c1-3-6-17-11(2)9-13(12(10-15)14(17)18)16-7-4-5-8-16/h9H,3-8H2,1-2H3. The highest BCUT2D eigenvalue weighted by Crippen LogP contribution is 2.23. The van der Waals surface area contributed by atoms with Gasteiger partial charge in [0.1, 0.15) is 11.6 Å². The molecule has 1 aliphatic rings. The van der Waals surface area contributed by atoms with Gasteiger partial charge in [0.05, 0.1) is 5.69 Å². The Morgan fingerprint density at radius 3 is 2.61 bits per heavy atom. The molecule has 0 radical (unpaired) electrons. The summed E-state index contributed by atoms with van der Waals surface area (Å²) in [5.41, 5.74) is 1.94. The lowest BCUT2D eigenvalue weighted by atomic mass is 10.2. The van der Waals surface area contributed by atoms with Crippen LogP contribution in [0.4, 0.5) is 5.69 Å². The molecule has 0 bridgehead atoms. The normalized spacial score (nSPS) is 14.8. The number of nitrogens with zero attached hydrogens (tertiary/aromatic N) is 3. The third-order valence-electron chi connectivity index (χ3n) is 3.49. The maximum atomic E-state index is 12.3. The van der Waals surface area contributed by atoms with Crippen LogP contribution < -0.4 is 10.5 Å². The van der Waals surface area contributed by atoms with E-state index in [1.807, 2.05) is 19.9 Å². The number of hydrogen-bond acceptors (Lipinski definition) is 3. The molecule has 0 N–H and O–H groups in total. The van der Waals surface area contributed by atoms with E-state index in [4.69, 9.17) is 0 Å². The number of nitriles is 1. The zero-order chi connectivity index (χ0) is 13.1. The van der Waals surface area contributed by atoms with Crippen molar-refractivity contribution in [2.75, 3.05) is 18.0 Å². The summed E-state index contributed by atoms with van der Waals surface area (Å²) in [4.78, 5) is 14.5. The first-order chi connectivity index (χ1) is 8.69. The summed E-state index contributed by atoms with van der Waals surface area (Å²) < 4.78 is 1.71. The highest BCUT2D eigenvalue weighted by atomic mass is 16.1. The Morgan fingerprint density at radius 2 is 2.06 bits per heavy atom. The van der Waals surface area contributed by atoms with Crippen molar-refractivity contribution in [3.63, 3.8) is 0 Å². The number of anilines is 1. The molecule has 0 spiro atoms. The molecule has 0 atom stereocenters. The van der Waals surface area contributed by atoms with E-state index >= 15 is 0 Å². The number of aromatic nitrogens is 1. The van der Waals surface area contributed by atoms with Crippen LogP contribution in [0.3, 0.4) is 0 Å². The number of hydrogen-bond donors (Lipinski definition) is 0. The fourth-order valence-corrected chi connectivity index (χ4v) is 2.57. The largest absolute Gasteiger partial charge is 0.370 e. The Labute approximate surface area is 107 Å². The average Bonchev–Trinajstić information content (AvgIpc) is 2.87. The molecule has 4 nitrogen and oxygen atoms in total. The Balaban J connectivity index is 2.55. The van der Waals surface area contributed by atoms with Gasteiger partial charge in [-0.15, -0.1) is 0 Å². The monoisotopic (exact) mass is 245 g/mol. The lowest BCUT2D eigenvalue weighted by molar-refractivity contribution is 0.633. The molecule has 0 saturated carbocycles. The third kappa shape index (κ3) is 2.13. The molecule has 18 heavy (non-hydrogen) atoms. The lowest BCUT2D eigenvalue weighted by Gasteiger charge is -2.21. The van der Waals surface area contributed by atoms with Gasteiger partial charge in [-0.2, -0.15) is 5.26 Å². The van der Waals surface area contributed by atoms with Gasteiger partial charge in [-0.1, -0.05) is 6.92 Å². The molecule has 1 aromatic heterocycles. The Hall–Kier alpha value is -1.76. The van der Waals surface area contributed by atoms with Gasteiger partial charge in [-0.3, -0.25) is 4.79 Å². The van der Waals surface area contributed by atoms with Gasteiger partial charge in [0.2, 0.25) is 0 Å². The van der Waals surface area contributed by atoms with Crippen molar-refractivity contribution in [1.82, 2.24) is 4.57 Å². The summed E-state index contributed by atoms with van der Waals surface area (Å²) >= 11 is 0. The Kier molecular flexibility index (Phi) is 3.71. The second kappa shape index (κ2) is 5.26. The van der Waals surface area contributed by atoms with Crippen molar-refractivity contribution < 1.29 is 0 Å². The van der Waals surface area contributed by atoms with E-state index in [0.29, 0.717) is 12.1 Å². The zero-order valence-electron chi connectivity index (χ0n) is 11.1. The molecule has 1 saturated heterocycles. The highest BCUT2D eigenvalue weighted by Gasteiger charge is 2.20. The van der Waals surface area contributed by atoms with Crippen LogP contribution in [0, 0.1) is 18.3 Å². The lowest BCUT2D eigenvalue weighted by Crippen LogP contribution is -2.29. The summed E-state index contributed by atoms with van der Waals surface area (Å²) in [6.45, 7) is 6.56. The third-order valence-corrected chi connectivity index (χ3v) is 3.49. The molecule has 1 fully saturated rings. The van der Waals surface area contributed by atoms with E-state index in [-0.39, 0.29) is 5.56 Å². The fraction of sp³-hybridized carbons (Fsp3) is 0.571. The molecule has 2 rings (SSSR count). The van der Waals surface area contributed by atoms with Crippen LogP contribution >= 0.6 is 0 Å². The quantitative estimate of drug-likeness (QED) is 0.818. The molecular formula is C14H19N3O. The second-order valence-electron chi connectivity index (χ2n) is 4.81. The zero-order valence-corrected chi connectivity index (χ0v) is 11.1. The molecular weight excluding hydrogens is 226 g/mol. The molecule has 4 heteroatoms. The van der Waals surface area contributed by atoms with Crippen molar-refractivity contribution >= 4 is 5.69 Å². The maximum Gasteiger partial charge on any atom is 0.270 e. The van der Waals surface area contributed by atoms with Crippen LogP contribution in [-0.2, 0) is 6.54 Å². The van der Waals surface area contributed by atoms with E-state index in [9.17, 15) is 10.1 Å². The van der Waals surface area contributed by atoms with Crippen LogP contribution in [0.25, 0.3) is 0 Å². The molecule has 2 heterocycles. The van der Waals surface area contributed by atoms with Gasteiger partial charge < -0.3 is 9.47 Å². The minimum absolute atomic E-state index is 0.138. The maximum absolute atomic E-state index is 12.3. The Bertz CT molecular complexity index is 533. The van der Waals surface area contributed by atoms with Gasteiger partial charge in [0.15, 0.2) is 0 Å². The number of pyridine rings is 1. The topological polar surface area (TPSA) is 49.0 Å². The van der Waals surface area contributed by atoms with E-state index in [1.165, 1.54) is 0 Å². The highest BCUT2D eigenvalue weighted by molar-refractivity contribution is 5.59. The summed E-state index contributed by atoms with van der Waals surface area (Å²) in [6.07, 6.45) is 3.18. The molecule has 96 valence electrons.